The molecule has 0 atom stereocenters. The minimum absolute atomic E-state index is 0.0496. The first-order valence-corrected chi connectivity index (χ1v) is 8.57. The molecule has 0 unspecified atom stereocenters. The van der Waals surface area contributed by atoms with Crippen molar-refractivity contribution in [1.29, 1.82) is 0 Å². The number of halogens is 2. The lowest BCUT2D eigenvalue weighted by Crippen LogP contribution is -1.89. The SMILES string of the molecule is O=[N+]([O-])c1ccc(Cl)c(-c2ccc(C=NNc3ccc(I)cc3)o2)c1. The monoisotopic (exact) mass is 467 g/mol. The molecule has 6 nitrogen and oxygen atoms in total. The Morgan fingerprint density at radius 3 is 2.64 bits per heavy atom. The fourth-order valence-electron chi connectivity index (χ4n) is 2.08. The van der Waals surface area contributed by atoms with E-state index in [1.807, 2.05) is 24.3 Å². The van der Waals surface area contributed by atoms with Crippen molar-refractivity contribution in [2.45, 2.75) is 0 Å². The summed E-state index contributed by atoms with van der Waals surface area (Å²) in [6.45, 7) is 0. The maximum Gasteiger partial charge on any atom is 0.270 e. The number of furan rings is 1. The Kier molecular flexibility index (Phi) is 5.34. The summed E-state index contributed by atoms with van der Waals surface area (Å²) in [6, 6.07) is 15.4. The highest BCUT2D eigenvalue weighted by Gasteiger charge is 2.14. The summed E-state index contributed by atoms with van der Waals surface area (Å²) < 4.78 is 6.78. The van der Waals surface area contributed by atoms with Crippen molar-refractivity contribution in [3.8, 4) is 11.3 Å². The number of hydrogen-bond acceptors (Lipinski definition) is 5. The zero-order valence-corrected chi connectivity index (χ0v) is 15.6. The van der Waals surface area contributed by atoms with E-state index in [4.69, 9.17) is 16.0 Å². The standard InChI is InChI=1S/C17H11ClIN3O3/c18-16-7-5-13(22(23)24)9-15(16)17-8-6-14(25-17)10-20-21-12-3-1-11(19)2-4-12/h1-10,21H. The van der Waals surface area contributed by atoms with E-state index in [9.17, 15) is 10.1 Å². The van der Waals surface area contributed by atoms with Crippen LogP contribution in [0, 0.1) is 13.7 Å². The molecule has 0 aliphatic heterocycles. The molecule has 3 aromatic rings. The van der Waals surface area contributed by atoms with Crippen molar-refractivity contribution in [2.24, 2.45) is 5.10 Å². The van der Waals surface area contributed by atoms with Crippen molar-refractivity contribution in [2.75, 3.05) is 5.43 Å². The Balaban J connectivity index is 1.76. The summed E-state index contributed by atoms with van der Waals surface area (Å²) in [5.41, 5.74) is 4.16. The maximum atomic E-state index is 10.9. The molecule has 126 valence electrons. The minimum atomic E-state index is -0.476. The largest absolute Gasteiger partial charge is 0.455 e. The second kappa shape index (κ2) is 7.66. The van der Waals surface area contributed by atoms with Crippen molar-refractivity contribution < 1.29 is 9.34 Å². The van der Waals surface area contributed by atoms with E-state index < -0.39 is 4.92 Å². The average Bonchev–Trinajstić information content (AvgIpc) is 3.05. The van der Waals surface area contributed by atoms with Crippen LogP contribution in [0.25, 0.3) is 11.3 Å². The molecule has 0 saturated carbocycles. The molecule has 0 aliphatic rings. The van der Waals surface area contributed by atoms with E-state index in [0.717, 1.165) is 9.26 Å². The summed E-state index contributed by atoms with van der Waals surface area (Å²) in [5.74, 6) is 0.931. The van der Waals surface area contributed by atoms with Gasteiger partial charge in [-0.2, -0.15) is 5.10 Å². The van der Waals surface area contributed by atoms with Gasteiger partial charge in [-0.3, -0.25) is 15.5 Å². The molecular weight excluding hydrogens is 457 g/mol. The van der Waals surface area contributed by atoms with E-state index in [0.29, 0.717) is 22.1 Å². The molecule has 0 amide bonds. The maximum absolute atomic E-state index is 10.9. The number of rotatable bonds is 5. The molecule has 2 aromatic carbocycles. The molecule has 0 fully saturated rings. The van der Waals surface area contributed by atoms with Gasteiger partial charge < -0.3 is 4.42 Å². The fraction of sp³-hybridized carbons (Fsp3) is 0. The quantitative estimate of drug-likeness (QED) is 0.231. The lowest BCUT2D eigenvalue weighted by atomic mass is 10.1. The Morgan fingerprint density at radius 1 is 1.16 bits per heavy atom. The van der Waals surface area contributed by atoms with Crippen LogP contribution in [0.15, 0.2) is 64.1 Å². The molecule has 0 radical (unpaired) electrons. The van der Waals surface area contributed by atoms with E-state index in [2.05, 4.69) is 33.1 Å². The number of nitro benzene ring substituents is 1. The van der Waals surface area contributed by atoms with Gasteiger partial charge in [-0.05, 0) is 65.1 Å². The van der Waals surface area contributed by atoms with Crippen LogP contribution in [0.4, 0.5) is 11.4 Å². The van der Waals surface area contributed by atoms with Gasteiger partial charge in [0.2, 0.25) is 0 Å². The summed E-state index contributed by atoms with van der Waals surface area (Å²) in [6.07, 6.45) is 1.52. The van der Waals surface area contributed by atoms with E-state index >= 15 is 0 Å². The van der Waals surface area contributed by atoms with Crippen LogP contribution in [0.5, 0.6) is 0 Å². The second-order valence-corrected chi connectivity index (χ2v) is 6.65. The number of nitro groups is 1. The van der Waals surface area contributed by atoms with Crippen molar-refractivity contribution in [3.05, 3.63) is 79.1 Å². The second-order valence-electron chi connectivity index (χ2n) is 5.00. The summed E-state index contributed by atoms with van der Waals surface area (Å²) >= 11 is 8.34. The number of nitrogens with zero attached hydrogens (tertiary/aromatic N) is 2. The van der Waals surface area contributed by atoms with Crippen molar-refractivity contribution >= 4 is 51.8 Å². The molecule has 0 spiro atoms. The predicted molar refractivity (Wildman–Crippen MR) is 106 cm³/mol. The molecule has 25 heavy (non-hydrogen) atoms. The third kappa shape index (κ3) is 4.37. The number of non-ortho nitro benzene ring substituents is 1. The summed E-state index contributed by atoms with van der Waals surface area (Å²) in [5, 5.41) is 15.4. The average molecular weight is 468 g/mol. The molecule has 3 rings (SSSR count). The first kappa shape index (κ1) is 17.4. The molecule has 1 N–H and O–H groups in total. The van der Waals surface area contributed by atoms with Gasteiger partial charge in [0.1, 0.15) is 11.5 Å². The normalized spacial score (nSPS) is 11.0. The van der Waals surface area contributed by atoms with Crippen molar-refractivity contribution in [1.82, 2.24) is 0 Å². The number of benzene rings is 2. The molecule has 8 heteroatoms. The topological polar surface area (TPSA) is 80.7 Å². The molecular formula is C17H11ClIN3O3. The van der Waals surface area contributed by atoms with Crippen molar-refractivity contribution in [3.63, 3.8) is 0 Å². The zero-order valence-electron chi connectivity index (χ0n) is 12.6. The lowest BCUT2D eigenvalue weighted by molar-refractivity contribution is -0.384. The summed E-state index contributed by atoms with van der Waals surface area (Å²) in [4.78, 5) is 10.4. The van der Waals surface area contributed by atoms with Gasteiger partial charge in [0, 0.05) is 21.3 Å². The Morgan fingerprint density at radius 2 is 1.92 bits per heavy atom. The van der Waals surface area contributed by atoms with Crippen LogP contribution in [0.1, 0.15) is 5.76 Å². The van der Waals surface area contributed by atoms with E-state index in [1.165, 1.54) is 24.4 Å². The van der Waals surface area contributed by atoms with Gasteiger partial charge in [0.15, 0.2) is 0 Å². The highest BCUT2D eigenvalue weighted by atomic mass is 127. The third-order valence-corrected chi connectivity index (χ3v) is 4.33. The predicted octanol–water partition coefficient (Wildman–Crippen LogP) is 5.56. The smallest absolute Gasteiger partial charge is 0.270 e. The molecule has 0 saturated heterocycles. The Labute approximate surface area is 161 Å². The molecule has 1 aromatic heterocycles. The van der Waals surface area contributed by atoms with Crippen LogP contribution in [-0.2, 0) is 0 Å². The van der Waals surface area contributed by atoms with Crippen LogP contribution < -0.4 is 5.43 Å². The molecule has 0 aliphatic carbocycles. The van der Waals surface area contributed by atoms with Crippen LogP contribution in [0.3, 0.4) is 0 Å². The van der Waals surface area contributed by atoms with Gasteiger partial charge in [0.25, 0.3) is 5.69 Å². The Bertz CT molecular complexity index is 939. The molecule has 1 heterocycles. The third-order valence-electron chi connectivity index (χ3n) is 3.28. The number of nitrogens with one attached hydrogen (secondary N) is 1. The number of anilines is 1. The van der Waals surface area contributed by atoms with Gasteiger partial charge in [0.05, 0.1) is 21.8 Å². The molecule has 0 bridgehead atoms. The van der Waals surface area contributed by atoms with Gasteiger partial charge in [-0.15, -0.1) is 0 Å². The van der Waals surface area contributed by atoms with E-state index in [-0.39, 0.29) is 5.69 Å². The highest BCUT2D eigenvalue weighted by Crippen LogP contribution is 2.32. The van der Waals surface area contributed by atoms with E-state index in [1.54, 1.807) is 12.1 Å². The van der Waals surface area contributed by atoms with Crippen LogP contribution in [0.2, 0.25) is 5.02 Å². The van der Waals surface area contributed by atoms with Crippen LogP contribution in [-0.4, -0.2) is 11.1 Å². The zero-order chi connectivity index (χ0) is 17.8. The summed E-state index contributed by atoms with van der Waals surface area (Å²) in [7, 11) is 0. The minimum Gasteiger partial charge on any atom is -0.455 e. The highest BCUT2D eigenvalue weighted by molar-refractivity contribution is 14.1. The number of hydrogen-bond donors (Lipinski definition) is 1. The van der Waals surface area contributed by atoms with Crippen LogP contribution >= 0.6 is 34.2 Å². The fourth-order valence-corrected chi connectivity index (χ4v) is 2.65. The van der Waals surface area contributed by atoms with Gasteiger partial charge in [-0.1, -0.05) is 11.6 Å². The van der Waals surface area contributed by atoms with Gasteiger partial charge in [-0.25, -0.2) is 0 Å². The first-order chi connectivity index (χ1) is 12.0. The lowest BCUT2D eigenvalue weighted by Gasteiger charge is -2.01. The first-order valence-electron chi connectivity index (χ1n) is 7.12. The number of hydrazone groups is 1. The Hall–Kier alpha value is -2.39. The van der Waals surface area contributed by atoms with Gasteiger partial charge >= 0.3 is 0 Å².